The summed E-state index contributed by atoms with van der Waals surface area (Å²) in [6, 6.07) is 2.98. The SMILES string of the molecule is O=S(=O)(Nc1nc2c(s1)CCC2)c1c(Cl)cc(Br)cc1Cl. The molecule has 4 nitrogen and oxygen atoms in total. The minimum absolute atomic E-state index is 0.0611. The summed E-state index contributed by atoms with van der Waals surface area (Å²) in [5, 5.41) is 0.478. The van der Waals surface area contributed by atoms with Gasteiger partial charge in [0.2, 0.25) is 0 Å². The van der Waals surface area contributed by atoms with Crippen molar-refractivity contribution < 1.29 is 8.42 Å². The van der Waals surface area contributed by atoms with Crippen molar-refractivity contribution in [2.45, 2.75) is 24.2 Å². The fourth-order valence-electron chi connectivity index (χ4n) is 2.19. The second-order valence-corrected chi connectivity index (χ2v) is 8.98. The maximum absolute atomic E-state index is 12.5. The van der Waals surface area contributed by atoms with Crippen LogP contribution in [0.2, 0.25) is 10.0 Å². The molecule has 0 radical (unpaired) electrons. The van der Waals surface area contributed by atoms with E-state index in [1.54, 1.807) is 0 Å². The molecule has 0 amide bonds. The van der Waals surface area contributed by atoms with E-state index in [9.17, 15) is 8.42 Å². The number of nitrogens with zero attached hydrogens (tertiary/aromatic N) is 1. The zero-order valence-corrected chi connectivity index (χ0v) is 15.2. The molecule has 21 heavy (non-hydrogen) atoms. The van der Waals surface area contributed by atoms with Crippen LogP contribution in [0.15, 0.2) is 21.5 Å². The highest BCUT2D eigenvalue weighted by molar-refractivity contribution is 9.10. The van der Waals surface area contributed by atoms with E-state index >= 15 is 0 Å². The van der Waals surface area contributed by atoms with Gasteiger partial charge in [0.05, 0.1) is 15.7 Å². The van der Waals surface area contributed by atoms with Gasteiger partial charge in [-0.1, -0.05) is 39.1 Å². The lowest BCUT2D eigenvalue weighted by atomic mass is 10.4. The minimum atomic E-state index is -3.87. The van der Waals surface area contributed by atoms with Crippen molar-refractivity contribution in [3.05, 3.63) is 37.2 Å². The van der Waals surface area contributed by atoms with E-state index < -0.39 is 10.0 Å². The highest BCUT2D eigenvalue weighted by atomic mass is 79.9. The van der Waals surface area contributed by atoms with Crippen molar-refractivity contribution in [3.63, 3.8) is 0 Å². The number of hydrogen-bond acceptors (Lipinski definition) is 4. The van der Waals surface area contributed by atoms with Crippen molar-refractivity contribution >= 4 is 65.6 Å². The molecule has 0 atom stereocenters. The van der Waals surface area contributed by atoms with Crippen molar-refractivity contribution in [1.82, 2.24) is 4.98 Å². The number of aryl methyl sites for hydroxylation is 2. The number of thiazole rings is 1. The third-order valence-corrected chi connectivity index (χ3v) is 6.97. The average Bonchev–Trinajstić information content (AvgIpc) is 2.86. The van der Waals surface area contributed by atoms with E-state index in [0.29, 0.717) is 9.60 Å². The van der Waals surface area contributed by atoms with Gasteiger partial charge in [-0.25, -0.2) is 13.4 Å². The number of hydrogen-bond donors (Lipinski definition) is 1. The van der Waals surface area contributed by atoms with Crippen LogP contribution >= 0.6 is 50.5 Å². The molecule has 112 valence electrons. The summed E-state index contributed by atoms with van der Waals surface area (Å²) in [6.07, 6.45) is 2.92. The molecule has 1 heterocycles. The number of anilines is 1. The summed E-state index contributed by atoms with van der Waals surface area (Å²) < 4.78 is 28.0. The fourth-order valence-corrected chi connectivity index (χ4v) is 6.41. The normalized spacial score (nSPS) is 14.2. The van der Waals surface area contributed by atoms with Gasteiger partial charge in [-0.3, -0.25) is 4.72 Å². The van der Waals surface area contributed by atoms with Crippen molar-refractivity contribution in [2.24, 2.45) is 0 Å². The fraction of sp³-hybridized carbons (Fsp3) is 0.250. The largest absolute Gasteiger partial charge is 0.266 e. The van der Waals surface area contributed by atoms with Gasteiger partial charge in [-0.15, -0.1) is 11.3 Å². The standard InChI is InChI=1S/C12H9BrCl2N2O2S2/c13-6-4-7(14)11(8(15)5-6)21(18,19)17-12-16-9-2-1-3-10(9)20-12/h4-5H,1-3H2,(H,16,17). The van der Waals surface area contributed by atoms with Crippen LogP contribution in [0.4, 0.5) is 5.13 Å². The Morgan fingerprint density at radius 2 is 1.90 bits per heavy atom. The first-order chi connectivity index (χ1) is 9.87. The van der Waals surface area contributed by atoms with Gasteiger partial charge >= 0.3 is 0 Å². The third-order valence-electron chi connectivity index (χ3n) is 3.05. The molecule has 9 heteroatoms. The molecule has 0 aliphatic heterocycles. The predicted octanol–water partition coefficient (Wildman–Crippen LogP) is 4.50. The van der Waals surface area contributed by atoms with Crippen LogP contribution in [-0.4, -0.2) is 13.4 Å². The van der Waals surface area contributed by atoms with Crippen LogP contribution in [0, 0.1) is 0 Å². The number of fused-ring (bicyclic) bond motifs is 1. The Bertz CT molecular complexity index is 776. The van der Waals surface area contributed by atoms with Crippen molar-refractivity contribution in [2.75, 3.05) is 4.72 Å². The summed E-state index contributed by atoms with van der Waals surface area (Å²) in [5.41, 5.74) is 0.978. The zero-order valence-electron chi connectivity index (χ0n) is 10.5. The van der Waals surface area contributed by atoms with Crippen LogP contribution in [0.5, 0.6) is 0 Å². The van der Waals surface area contributed by atoms with Crippen LogP contribution in [-0.2, 0) is 22.9 Å². The van der Waals surface area contributed by atoms with E-state index in [0.717, 1.165) is 29.8 Å². The molecule has 1 N–H and O–H groups in total. The first kappa shape index (κ1) is 15.6. The number of halogens is 3. The Morgan fingerprint density at radius 3 is 2.52 bits per heavy atom. The van der Waals surface area contributed by atoms with E-state index in [4.69, 9.17) is 23.2 Å². The molecule has 0 saturated carbocycles. The van der Waals surface area contributed by atoms with Crippen molar-refractivity contribution in [3.8, 4) is 0 Å². The third kappa shape index (κ3) is 3.07. The summed E-state index contributed by atoms with van der Waals surface area (Å²) in [7, 11) is -3.87. The molecule has 1 aliphatic carbocycles. The Labute approximate surface area is 144 Å². The number of sulfonamides is 1. The second kappa shape index (κ2) is 5.70. The molecule has 1 aliphatic rings. The Kier molecular flexibility index (Phi) is 4.22. The molecule has 0 saturated heterocycles. The van der Waals surface area contributed by atoms with Gasteiger partial charge in [0, 0.05) is 9.35 Å². The van der Waals surface area contributed by atoms with E-state index in [1.165, 1.54) is 23.5 Å². The van der Waals surface area contributed by atoms with E-state index in [-0.39, 0.29) is 14.9 Å². The lowest BCUT2D eigenvalue weighted by Crippen LogP contribution is -2.14. The first-order valence-electron chi connectivity index (χ1n) is 6.03. The summed E-state index contributed by atoms with van der Waals surface area (Å²) >= 11 is 16.6. The molecule has 0 unspecified atom stereocenters. The van der Waals surface area contributed by atoms with Gasteiger partial charge in [-0.2, -0.15) is 0 Å². The topological polar surface area (TPSA) is 59.1 Å². The molecule has 0 spiro atoms. The maximum Gasteiger partial charge on any atom is 0.266 e. The van der Waals surface area contributed by atoms with Gasteiger partial charge in [0.1, 0.15) is 4.90 Å². The smallest absolute Gasteiger partial charge is 0.255 e. The molecule has 0 fully saturated rings. The van der Waals surface area contributed by atoms with Gasteiger partial charge in [0.25, 0.3) is 10.0 Å². The molecule has 0 bridgehead atoms. The number of aromatic nitrogens is 1. The summed E-state index contributed by atoms with van der Waals surface area (Å²) in [4.78, 5) is 5.32. The van der Waals surface area contributed by atoms with E-state index in [1.807, 2.05) is 0 Å². The highest BCUT2D eigenvalue weighted by Gasteiger charge is 2.25. The number of benzene rings is 1. The first-order valence-corrected chi connectivity index (χ1v) is 9.87. The summed E-state index contributed by atoms with van der Waals surface area (Å²) in [5.74, 6) is 0. The van der Waals surface area contributed by atoms with Crippen LogP contribution in [0.3, 0.4) is 0 Å². The molecular formula is C12H9BrCl2N2O2S2. The Balaban J connectivity index is 1.97. The number of rotatable bonds is 3. The molecule has 1 aromatic carbocycles. The lowest BCUT2D eigenvalue weighted by Gasteiger charge is -2.09. The van der Waals surface area contributed by atoms with Crippen LogP contribution < -0.4 is 4.72 Å². The molecule has 1 aromatic heterocycles. The van der Waals surface area contributed by atoms with E-state index in [2.05, 4.69) is 25.6 Å². The van der Waals surface area contributed by atoms with Gasteiger partial charge in [0.15, 0.2) is 5.13 Å². The number of nitrogens with one attached hydrogen (secondary N) is 1. The van der Waals surface area contributed by atoms with Gasteiger partial charge < -0.3 is 0 Å². The minimum Gasteiger partial charge on any atom is -0.255 e. The van der Waals surface area contributed by atoms with Crippen molar-refractivity contribution in [1.29, 1.82) is 0 Å². The monoisotopic (exact) mass is 426 g/mol. The molecule has 3 rings (SSSR count). The maximum atomic E-state index is 12.5. The Morgan fingerprint density at radius 1 is 1.24 bits per heavy atom. The zero-order chi connectivity index (χ0) is 15.2. The predicted molar refractivity (Wildman–Crippen MR) is 89.1 cm³/mol. The average molecular weight is 428 g/mol. The molecule has 2 aromatic rings. The second-order valence-electron chi connectivity index (χ2n) is 4.55. The Hall–Kier alpha value is -0.340. The lowest BCUT2D eigenvalue weighted by molar-refractivity contribution is 0.601. The van der Waals surface area contributed by atoms with Gasteiger partial charge in [-0.05, 0) is 31.4 Å². The highest BCUT2D eigenvalue weighted by Crippen LogP contribution is 2.36. The summed E-state index contributed by atoms with van der Waals surface area (Å²) in [6.45, 7) is 0. The quantitative estimate of drug-likeness (QED) is 0.784. The van der Waals surface area contributed by atoms with Crippen LogP contribution in [0.25, 0.3) is 0 Å². The van der Waals surface area contributed by atoms with Crippen LogP contribution in [0.1, 0.15) is 17.0 Å². The molecular weight excluding hydrogens is 419 g/mol.